The monoisotopic (exact) mass is 466 g/mol. The third-order valence-corrected chi connectivity index (χ3v) is 6.23. The van der Waals surface area contributed by atoms with Gasteiger partial charge in [0.15, 0.2) is 23.1 Å². The van der Waals surface area contributed by atoms with Gasteiger partial charge in [-0.05, 0) is 43.2 Å². The minimum absolute atomic E-state index is 0.0561. The second-order valence-corrected chi connectivity index (χ2v) is 8.30. The Hall–Kier alpha value is -3.45. The number of nitrogens with zero attached hydrogens (tertiary/aromatic N) is 2. The molecular weight excluding hydrogens is 438 g/mol. The predicted molar refractivity (Wildman–Crippen MR) is 127 cm³/mol. The van der Waals surface area contributed by atoms with E-state index in [-0.39, 0.29) is 11.9 Å². The zero-order valence-corrected chi connectivity index (χ0v) is 19.3. The van der Waals surface area contributed by atoms with Crippen LogP contribution in [0.3, 0.4) is 0 Å². The summed E-state index contributed by atoms with van der Waals surface area (Å²) in [7, 11) is 3.14. The number of hydrogen-bond acceptors (Lipinski definition) is 4. The van der Waals surface area contributed by atoms with Crippen molar-refractivity contribution < 1.29 is 23.0 Å². The molecule has 0 radical (unpaired) electrons. The molecule has 34 heavy (non-hydrogen) atoms. The summed E-state index contributed by atoms with van der Waals surface area (Å²) in [5, 5.41) is 0. The first-order chi connectivity index (χ1) is 16.5. The first-order valence-electron chi connectivity index (χ1n) is 11.3. The van der Waals surface area contributed by atoms with Crippen molar-refractivity contribution in [3.05, 3.63) is 89.5 Å². The number of ether oxygens (including phenoxy) is 2. The van der Waals surface area contributed by atoms with Gasteiger partial charge < -0.3 is 14.4 Å². The molecule has 5 nitrogen and oxygen atoms in total. The number of carbonyl (C=O) groups is 1. The molecule has 0 aliphatic carbocycles. The number of amides is 1. The molecule has 1 saturated heterocycles. The van der Waals surface area contributed by atoms with E-state index >= 15 is 0 Å². The van der Waals surface area contributed by atoms with Crippen LogP contribution in [0.2, 0.25) is 0 Å². The third kappa shape index (κ3) is 5.04. The van der Waals surface area contributed by atoms with Crippen LogP contribution >= 0.6 is 0 Å². The number of benzene rings is 3. The molecule has 0 saturated carbocycles. The van der Waals surface area contributed by atoms with E-state index in [0.29, 0.717) is 55.1 Å². The number of anilines is 1. The van der Waals surface area contributed by atoms with E-state index in [9.17, 15) is 13.6 Å². The van der Waals surface area contributed by atoms with Gasteiger partial charge in [-0.25, -0.2) is 8.78 Å². The molecule has 1 amide bonds. The maximum absolute atomic E-state index is 14.1. The van der Waals surface area contributed by atoms with E-state index in [2.05, 4.69) is 4.90 Å². The summed E-state index contributed by atoms with van der Waals surface area (Å²) in [6.45, 7) is 1.65. The standard InChI is InChI=1S/C27H28F2N2O3/c1-33-24-12-11-22(17-25(24)34-2)31(27(32)19-7-4-3-5-8-19)21-13-15-30(16-14-21)18-20-9-6-10-23(28)26(20)29/h3-12,17,21H,13-16,18H2,1-2H3. The smallest absolute Gasteiger partial charge is 0.258 e. The van der Waals surface area contributed by atoms with E-state index in [1.807, 2.05) is 35.2 Å². The molecule has 1 fully saturated rings. The fraction of sp³-hybridized carbons (Fsp3) is 0.296. The minimum Gasteiger partial charge on any atom is -0.493 e. The largest absolute Gasteiger partial charge is 0.493 e. The molecule has 3 aromatic rings. The molecule has 0 bridgehead atoms. The lowest BCUT2D eigenvalue weighted by molar-refractivity contribution is 0.0958. The maximum Gasteiger partial charge on any atom is 0.258 e. The topological polar surface area (TPSA) is 42.0 Å². The molecule has 1 aliphatic heterocycles. The molecule has 0 atom stereocenters. The quantitative estimate of drug-likeness (QED) is 0.474. The Balaban J connectivity index is 1.57. The van der Waals surface area contributed by atoms with Crippen LogP contribution < -0.4 is 14.4 Å². The Kier molecular flexibility index (Phi) is 7.43. The molecule has 1 heterocycles. The molecular formula is C27H28F2N2O3. The van der Waals surface area contributed by atoms with Gasteiger partial charge in [0.25, 0.3) is 5.91 Å². The van der Waals surface area contributed by atoms with Gasteiger partial charge >= 0.3 is 0 Å². The summed E-state index contributed by atoms with van der Waals surface area (Å²) >= 11 is 0. The van der Waals surface area contributed by atoms with Gasteiger partial charge in [0.05, 0.1) is 14.2 Å². The lowest BCUT2D eigenvalue weighted by Gasteiger charge is -2.39. The highest BCUT2D eigenvalue weighted by molar-refractivity contribution is 6.06. The van der Waals surface area contributed by atoms with E-state index in [1.54, 1.807) is 38.5 Å². The summed E-state index contributed by atoms with van der Waals surface area (Å²) < 4.78 is 38.6. The maximum atomic E-state index is 14.1. The predicted octanol–water partition coefficient (Wildman–Crippen LogP) is 5.29. The highest BCUT2D eigenvalue weighted by atomic mass is 19.2. The molecule has 178 valence electrons. The molecule has 0 aromatic heterocycles. The number of rotatable bonds is 7. The van der Waals surface area contributed by atoms with Crippen molar-refractivity contribution in [3.8, 4) is 11.5 Å². The van der Waals surface area contributed by atoms with Gasteiger partial charge in [0.2, 0.25) is 0 Å². The highest BCUT2D eigenvalue weighted by Crippen LogP contribution is 2.34. The number of piperidine rings is 1. The third-order valence-electron chi connectivity index (χ3n) is 6.23. The molecule has 3 aromatic carbocycles. The Morgan fingerprint density at radius 1 is 0.941 bits per heavy atom. The van der Waals surface area contributed by atoms with Crippen molar-refractivity contribution in [1.29, 1.82) is 0 Å². The number of methoxy groups -OCH3 is 2. The number of halogens is 2. The van der Waals surface area contributed by atoms with E-state index in [4.69, 9.17) is 9.47 Å². The fourth-order valence-electron chi connectivity index (χ4n) is 4.44. The van der Waals surface area contributed by atoms with Crippen LogP contribution in [0.25, 0.3) is 0 Å². The summed E-state index contributed by atoms with van der Waals surface area (Å²) in [4.78, 5) is 17.5. The molecule has 4 rings (SSSR count). The lowest BCUT2D eigenvalue weighted by atomic mass is 10.00. The van der Waals surface area contributed by atoms with Crippen molar-refractivity contribution in [2.45, 2.75) is 25.4 Å². The SMILES string of the molecule is COc1ccc(N(C(=O)c2ccccc2)C2CCN(Cc3cccc(F)c3F)CC2)cc1OC. The summed E-state index contributed by atoms with van der Waals surface area (Å²) in [6, 6.07) is 18.8. The number of carbonyl (C=O) groups excluding carboxylic acids is 1. The lowest BCUT2D eigenvalue weighted by Crippen LogP contribution is -2.47. The van der Waals surface area contributed by atoms with Crippen molar-refractivity contribution >= 4 is 11.6 Å². The second kappa shape index (κ2) is 10.7. The average molecular weight is 467 g/mol. The van der Waals surface area contributed by atoms with Crippen LogP contribution in [0.15, 0.2) is 66.7 Å². The van der Waals surface area contributed by atoms with E-state index < -0.39 is 11.6 Å². The summed E-state index contributed by atoms with van der Waals surface area (Å²) in [6.07, 6.45) is 1.40. The first kappa shape index (κ1) is 23.7. The molecule has 0 N–H and O–H groups in total. The fourth-order valence-corrected chi connectivity index (χ4v) is 4.44. The van der Waals surface area contributed by atoms with E-state index in [1.165, 1.54) is 6.07 Å². The van der Waals surface area contributed by atoms with Crippen molar-refractivity contribution in [3.63, 3.8) is 0 Å². The van der Waals surface area contributed by atoms with Crippen molar-refractivity contribution in [2.24, 2.45) is 0 Å². The Morgan fingerprint density at radius 2 is 1.65 bits per heavy atom. The van der Waals surface area contributed by atoms with Gasteiger partial charge in [-0.3, -0.25) is 9.69 Å². The van der Waals surface area contributed by atoms with Crippen LogP contribution in [0.5, 0.6) is 11.5 Å². The van der Waals surface area contributed by atoms with Gasteiger partial charge in [0.1, 0.15) is 0 Å². The number of hydrogen-bond donors (Lipinski definition) is 0. The van der Waals surface area contributed by atoms with Crippen LogP contribution in [0.1, 0.15) is 28.8 Å². The van der Waals surface area contributed by atoms with Gasteiger partial charge in [0, 0.05) is 48.6 Å². The summed E-state index contributed by atoms with van der Waals surface area (Å²) in [5.41, 5.74) is 1.67. The van der Waals surface area contributed by atoms with Crippen LogP contribution in [0, 0.1) is 11.6 Å². The first-order valence-corrected chi connectivity index (χ1v) is 11.3. The van der Waals surface area contributed by atoms with Crippen LogP contribution in [-0.2, 0) is 6.54 Å². The van der Waals surface area contributed by atoms with Crippen LogP contribution in [0.4, 0.5) is 14.5 Å². The Morgan fingerprint density at radius 3 is 2.32 bits per heavy atom. The zero-order chi connectivity index (χ0) is 24.1. The highest BCUT2D eigenvalue weighted by Gasteiger charge is 2.31. The van der Waals surface area contributed by atoms with Crippen molar-refractivity contribution in [1.82, 2.24) is 4.90 Å². The van der Waals surface area contributed by atoms with Crippen molar-refractivity contribution in [2.75, 3.05) is 32.2 Å². The number of likely N-dealkylation sites (tertiary alicyclic amines) is 1. The molecule has 0 unspecified atom stereocenters. The normalized spacial score (nSPS) is 14.6. The van der Waals surface area contributed by atoms with Gasteiger partial charge in [-0.1, -0.05) is 30.3 Å². The zero-order valence-electron chi connectivity index (χ0n) is 19.3. The average Bonchev–Trinajstić information content (AvgIpc) is 2.88. The minimum atomic E-state index is -0.833. The summed E-state index contributed by atoms with van der Waals surface area (Å²) in [5.74, 6) is -0.589. The van der Waals surface area contributed by atoms with Gasteiger partial charge in [-0.15, -0.1) is 0 Å². The molecule has 0 spiro atoms. The Labute approximate surface area is 198 Å². The van der Waals surface area contributed by atoms with Crippen LogP contribution in [-0.4, -0.2) is 44.2 Å². The van der Waals surface area contributed by atoms with Gasteiger partial charge in [-0.2, -0.15) is 0 Å². The molecule has 7 heteroatoms. The second-order valence-electron chi connectivity index (χ2n) is 8.30. The van der Waals surface area contributed by atoms with E-state index in [0.717, 1.165) is 11.8 Å². The molecule has 1 aliphatic rings. The Bertz CT molecular complexity index is 1130.